The monoisotopic (exact) mass is 384 g/mol. The molecule has 0 unspecified atom stereocenters. The van der Waals surface area contributed by atoms with Crippen LogP contribution < -0.4 is 5.32 Å². The van der Waals surface area contributed by atoms with Gasteiger partial charge in [-0.15, -0.1) is 23.1 Å². The van der Waals surface area contributed by atoms with Crippen molar-refractivity contribution in [2.24, 2.45) is 0 Å². The van der Waals surface area contributed by atoms with Crippen LogP contribution >= 0.6 is 23.1 Å². The first kappa shape index (κ1) is 19.0. The molecule has 2 aromatic rings. The largest absolute Gasteiger partial charge is 0.355 e. The minimum atomic E-state index is -3.67. The number of thioether (sulfide) groups is 1. The zero-order valence-corrected chi connectivity index (χ0v) is 16.1. The predicted octanol–water partition coefficient (Wildman–Crippen LogP) is 3.29. The lowest BCUT2D eigenvalue weighted by atomic mass is 10.2. The number of amides is 1. The fourth-order valence-corrected chi connectivity index (χ4v) is 5.62. The standard InChI is InChI=1S/C16H20N2O3S3/c1-3-4-9-17-14(19)10-22-16-15(18-11-23-16)24(20,21)13-7-5-12(2)6-8-13/h5-8,11H,3-4,9-10H2,1-2H3,(H,17,19). The lowest BCUT2D eigenvalue weighted by Crippen LogP contribution is -2.26. The van der Waals surface area contributed by atoms with Gasteiger partial charge in [-0.05, 0) is 25.5 Å². The summed E-state index contributed by atoms with van der Waals surface area (Å²) in [6.45, 7) is 4.60. The van der Waals surface area contributed by atoms with Gasteiger partial charge in [0.1, 0.15) is 0 Å². The first-order valence-corrected chi connectivity index (χ1v) is 10.9. The molecule has 0 fully saturated rings. The molecule has 2 rings (SSSR count). The van der Waals surface area contributed by atoms with Crippen LogP contribution in [0.4, 0.5) is 0 Å². The molecule has 0 saturated carbocycles. The number of thiazole rings is 1. The second-order valence-corrected chi connectivity index (χ2v) is 9.22. The minimum absolute atomic E-state index is 0.0303. The summed E-state index contributed by atoms with van der Waals surface area (Å²) in [4.78, 5) is 16.0. The second-order valence-electron chi connectivity index (χ2n) is 5.25. The topological polar surface area (TPSA) is 76.1 Å². The summed E-state index contributed by atoms with van der Waals surface area (Å²) in [5.74, 6) is 0.0861. The lowest BCUT2D eigenvalue weighted by Gasteiger charge is -2.06. The van der Waals surface area contributed by atoms with Crippen molar-refractivity contribution in [3.8, 4) is 0 Å². The molecular formula is C16H20N2O3S3. The summed E-state index contributed by atoms with van der Waals surface area (Å²) in [7, 11) is -3.67. The van der Waals surface area contributed by atoms with E-state index in [1.807, 2.05) is 6.92 Å². The number of unbranched alkanes of at least 4 members (excludes halogenated alkanes) is 1. The molecule has 130 valence electrons. The molecule has 0 aliphatic carbocycles. The maximum absolute atomic E-state index is 12.7. The number of aromatic nitrogens is 1. The molecule has 0 aliphatic heterocycles. The van der Waals surface area contributed by atoms with E-state index >= 15 is 0 Å². The van der Waals surface area contributed by atoms with E-state index in [2.05, 4.69) is 17.2 Å². The Hall–Kier alpha value is -1.38. The lowest BCUT2D eigenvalue weighted by molar-refractivity contribution is -0.118. The zero-order chi connectivity index (χ0) is 17.6. The molecule has 1 N–H and O–H groups in total. The number of carbonyl (C=O) groups excluding carboxylic acids is 1. The average molecular weight is 385 g/mol. The molecule has 0 atom stereocenters. The van der Waals surface area contributed by atoms with E-state index in [9.17, 15) is 13.2 Å². The van der Waals surface area contributed by atoms with Crippen molar-refractivity contribution in [3.63, 3.8) is 0 Å². The van der Waals surface area contributed by atoms with Crippen LogP contribution in [0.3, 0.4) is 0 Å². The number of aryl methyl sites for hydroxylation is 1. The highest BCUT2D eigenvalue weighted by Gasteiger charge is 2.24. The fourth-order valence-electron chi connectivity index (χ4n) is 1.92. The summed E-state index contributed by atoms with van der Waals surface area (Å²) < 4.78 is 26.0. The van der Waals surface area contributed by atoms with Gasteiger partial charge in [-0.1, -0.05) is 31.0 Å². The van der Waals surface area contributed by atoms with E-state index in [-0.39, 0.29) is 21.6 Å². The first-order chi connectivity index (χ1) is 11.4. The molecule has 1 heterocycles. The molecule has 0 aliphatic rings. The Morgan fingerprint density at radius 1 is 1.29 bits per heavy atom. The molecule has 1 aromatic carbocycles. The van der Waals surface area contributed by atoms with Crippen LogP contribution in [0.2, 0.25) is 0 Å². The molecule has 0 spiro atoms. The second kappa shape index (κ2) is 8.64. The van der Waals surface area contributed by atoms with E-state index in [0.29, 0.717) is 10.8 Å². The van der Waals surface area contributed by atoms with Crippen LogP contribution in [-0.4, -0.2) is 31.6 Å². The van der Waals surface area contributed by atoms with Gasteiger partial charge in [-0.3, -0.25) is 4.79 Å². The van der Waals surface area contributed by atoms with Crippen LogP contribution in [0.25, 0.3) is 0 Å². The number of hydrogen-bond donors (Lipinski definition) is 1. The van der Waals surface area contributed by atoms with Crippen molar-refractivity contribution in [2.75, 3.05) is 12.3 Å². The van der Waals surface area contributed by atoms with Gasteiger partial charge in [0, 0.05) is 6.54 Å². The smallest absolute Gasteiger partial charge is 0.230 e. The number of rotatable bonds is 8. The van der Waals surface area contributed by atoms with Crippen LogP contribution in [0.5, 0.6) is 0 Å². The Bertz CT molecular complexity index is 783. The molecule has 24 heavy (non-hydrogen) atoms. The third-order valence-electron chi connectivity index (χ3n) is 3.28. The number of nitrogens with one attached hydrogen (secondary N) is 1. The van der Waals surface area contributed by atoms with Crippen LogP contribution in [0, 0.1) is 6.92 Å². The van der Waals surface area contributed by atoms with E-state index in [1.165, 1.54) is 28.6 Å². The van der Waals surface area contributed by atoms with Crippen LogP contribution in [0.1, 0.15) is 25.3 Å². The Balaban J connectivity index is 2.09. The summed E-state index contributed by atoms with van der Waals surface area (Å²) in [5.41, 5.74) is 2.49. The number of sulfone groups is 1. The molecular weight excluding hydrogens is 364 g/mol. The number of benzene rings is 1. The van der Waals surface area contributed by atoms with Gasteiger partial charge in [0.25, 0.3) is 0 Å². The molecule has 0 bridgehead atoms. The first-order valence-electron chi connectivity index (χ1n) is 7.60. The third kappa shape index (κ3) is 4.81. The highest BCUT2D eigenvalue weighted by atomic mass is 32.2. The molecule has 1 amide bonds. The molecule has 8 heteroatoms. The maximum Gasteiger partial charge on any atom is 0.230 e. The predicted molar refractivity (Wildman–Crippen MR) is 97.4 cm³/mol. The van der Waals surface area contributed by atoms with E-state index < -0.39 is 9.84 Å². The Morgan fingerprint density at radius 2 is 2.00 bits per heavy atom. The highest BCUT2D eigenvalue weighted by Crippen LogP contribution is 2.33. The van der Waals surface area contributed by atoms with Crippen molar-refractivity contribution < 1.29 is 13.2 Å². The Labute approximate surface area is 150 Å². The average Bonchev–Trinajstić information content (AvgIpc) is 3.03. The normalized spacial score (nSPS) is 11.4. The maximum atomic E-state index is 12.7. The molecule has 0 radical (unpaired) electrons. The Morgan fingerprint density at radius 3 is 2.67 bits per heavy atom. The minimum Gasteiger partial charge on any atom is -0.355 e. The highest BCUT2D eigenvalue weighted by molar-refractivity contribution is 8.02. The van der Waals surface area contributed by atoms with Crippen LogP contribution in [0.15, 0.2) is 43.9 Å². The van der Waals surface area contributed by atoms with Gasteiger partial charge >= 0.3 is 0 Å². The van der Waals surface area contributed by atoms with Crippen molar-refractivity contribution in [1.82, 2.24) is 10.3 Å². The van der Waals surface area contributed by atoms with E-state index in [4.69, 9.17) is 0 Å². The summed E-state index contributed by atoms with van der Waals surface area (Å²) in [6, 6.07) is 6.67. The third-order valence-corrected chi connectivity index (χ3v) is 7.37. The van der Waals surface area contributed by atoms with Crippen molar-refractivity contribution in [2.45, 2.75) is 40.8 Å². The number of hydrogen-bond acceptors (Lipinski definition) is 6. The van der Waals surface area contributed by atoms with Crippen LogP contribution in [-0.2, 0) is 14.6 Å². The quantitative estimate of drug-likeness (QED) is 0.558. The van der Waals surface area contributed by atoms with Gasteiger partial charge in [0.05, 0.1) is 20.4 Å². The molecule has 1 aromatic heterocycles. The van der Waals surface area contributed by atoms with Gasteiger partial charge in [0.2, 0.25) is 15.7 Å². The SMILES string of the molecule is CCCCNC(=O)CSc1scnc1S(=O)(=O)c1ccc(C)cc1. The van der Waals surface area contributed by atoms with Gasteiger partial charge in [0.15, 0.2) is 5.03 Å². The van der Waals surface area contributed by atoms with Gasteiger partial charge in [-0.25, -0.2) is 13.4 Å². The summed E-state index contributed by atoms with van der Waals surface area (Å²) in [5, 5.41) is 2.85. The van der Waals surface area contributed by atoms with E-state index in [1.54, 1.807) is 24.3 Å². The van der Waals surface area contributed by atoms with Gasteiger partial charge < -0.3 is 5.32 Å². The fraction of sp³-hybridized carbons (Fsp3) is 0.375. The van der Waals surface area contributed by atoms with Crippen molar-refractivity contribution in [1.29, 1.82) is 0 Å². The zero-order valence-electron chi connectivity index (χ0n) is 13.6. The van der Waals surface area contributed by atoms with Gasteiger partial charge in [-0.2, -0.15) is 0 Å². The Kier molecular flexibility index (Phi) is 6.82. The molecule has 0 saturated heterocycles. The number of carbonyl (C=O) groups is 1. The molecule has 5 nitrogen and oxygen atoms in total. The summed E-state index contributed by atoms with van der Waals surface area (Å²) >= 11 is 2.45. The number of nitrogens with zero attached hydrogens (tertiary/aromatic N) is 1. The summed E-state index contributed by atoms with van der Waals surface area (Å²) in [6.07, 6.45) is 1.95. The van der Waals surface area contributed by atoms with Crippen molar-refractivity contribution in [3.05, 3.63) is 35.3 Å². The van der Waals surface area contributed by atoms with Crippen molar-refractivity contribution >= 4 is 38.8 Å². The van der Waals surface area contributed by atoms with E-state index in [0.717, 1.165) is 18.4 Å².